The van der Waals surface area contributed by atoms with Gasteiger partial charge in [-0.3, -0.25) is 9.89 Å². The molecule has 0 aliphatic carbocycles. The summed E-state index contributed by atoms with van der Waals surface area (Å²) in [5.74, 6) is 1.00. The number of aromatic nitrogens is 2. The van der Waals surface area contributed by atoms with E-state index in [4.69, 9.17) is 9.47 Å². The largest absolute Gasteiger partial charge is 0.486 e. The molecule has 0 saturated carbocycles. The number of H-pyrrole nitrogens is 1. The molecule has 0 spiro atoms. The summed E-state index contributed by atoms with van der Waals surface area (Å²) in [6.45, 7) is 1.02. The first-order chi connectivity index (χ1) is 11.7. The molecule has 4 rings (SSSR count). The molecule has 0 fully saturated rings. The second kappa shape index (κ2) is 5.84. The normalized spacial score (nSPS) is 13.0. The molecule has 1 aromatic heterocycles. The van der Waals surface area contributed by atoms with Crippen molar-refractivity contribution in [3.63, 3.8) is 0 Å². The summed E-state index contributed by atoms with van der Waals surface area (Å²) < 4.78 is 24.3. The minimum absolute atomic E-state index is 0.153. The zero-order valence-corrected chi connectivity index (χ0v) is 12.6. The van der Waals surface area contributed by atoms with Gasteiger partial charge in [-0.1, -0.05) is 6.07 Å². The number of halogens is 1. The monoisotopic (exact) mass is 327 g/mol. The van der Waals surface area contributed by atoms with Crippen LogP contribution in [0, 0.1) is 5.82 Å². The lowest BCUT2D eigenvalue weighted by atomic mass is 10.1. The fraction of sp³-hybridized carbons (Fsp3) is 0.176. The molecule has 0 saturated heterocycles. The Hall–Kier alpha value is -3.09. The Labute approximate surface area is 136 Å². The fourth-order valence-electron chi connectivity index (χ4n) is 2.64. The van der Waals surface area contributed by atoms with Crippen molar-refractivity contribution in [3.05, 3.63) is 47.8 Å². The average molecular weight is 327 g/mol. The number of ether oxygens (including phenoxy) is 2. The van der Waals surface area contributed by atoms with Gasteiger partial charge in [-0.05, 0) is 35.9 Å². The highest BCUT2D eigenvalue weighted by atomic mass is 19.1. The minimum atomic E-state index is -0.383. The summed E-state index contributed by atoms with van der Waals surface area (Å²) in [4.78, 5) is 12.2. The number of benzene rings is 2. The number of nitrogens with one attached hydrogen (secondary N) is 2. The Balaban J connectivity index is 1.51. The van der Waals surface area contributed by atoms with Crippen LogP contribution in [-0.4, -0.2) is 29.3 Å². The third kappa shape index (κ3) is 2.76. The van der Waals surface area contributed by atoms with Crippen LogP contribution in [0.5, 0.6) is 11.5 Å². The number of nitrogens with zero attached hydrogens (tertiary/aromatic N) is 1. The van der Waals surface area contributed by atoms with E-state index in [1.54, 1.807) is 18.2 Å². The summed E-state index contributed by atoms with van der Waals surface area (Å²) in [7, 11) is 0. The predicted octanol–water partition coefficient (Wildman–Crippen LogP) is 2.65. The third-order valence-electron chi connectivity index (χ3n) is 3.75. The minimum Gasteiger partial charge on any atom is -0.486 e. The Morgan fingerprint density at radius 3 is 2.88 bits per heavy atom. The van der Waals surface area contributed by atoms with Gasteiger partial charge in [0.1, 0.15) is 19.0 Å². The van der Waals surface area contributed by atoms with E-state index in [1.165, 1.54) is 12.1 Å². The van der Waals surface area contributed by atoms with Crippen molar-refractivity contribution in [2.24, 2.45) is 0 Å². The number of anilines is 1. The van der Waals surface area contributed by atoms with E-state index >= 15 is 0 Å². The van der Waals surface area contributed by atoms with Crippen molar-refractivity contribution in [2.45, 2.75) is 6.42 Å². The molecular weight excluding hydrogens is 313 g/mol. The molecule has 3 aromatic rings. The summed E-state index contributed by atoms with van der Waals surface area (Å²) in [6.07, 6.45) is 0.153. The Kier molecular flexibility index (Phi) is 3.53. The zero-order valence-electron chi connectivity index (χ0n) is 12.6. The summed E-state index contributed by atoms with van der Waals surface area (Å²) in [6, 6.07) is 9.64. The van der Waals surface area contributed by atoms with Crippen molar-refractivity contribution in [2.75, 3.05) is 18.5 Å². The van der Waals surface area contributed by atoms with Gasteiger partial charge in [-0.25, -0.2) is 4.39 Å². The van der Waals surface area contributed by atoms with Gasteiger partial charge in [0, 0.05) is 5.39 Å². The van der Waals surface area contributed by atoms with Gasteiger partial charge in [-0.15, -0.1) is 0 Å². The lowest BCUT2D eigenvalue weighted by Gasteiger charge is -2.18. The highest BCUT2D eigenvalue weighted by molar-refractivity contribution is 6.00. The van der Waals surface area contributed by atoms with Crippen molar-refractivity contribution in [1.29, 1.82) is 0 Å². The Bertz CT molecular complexity index is 923. The van der Waals surface area contributed by atoms with Crippen LogP contribution in [-0.2, 0) is 11.2 Å². The van der Waals surface area contributed by atoms with E-state index in [9.17, 15) is 9.18 Å². The van der Waals surface area contributed by atoms with E-state index in [1.807, 2.05) is 6.07 Å². The van der Waals surface area contributed by atoms with Gasteiger partial charge < -0.3 is 14.8 Å². The van der Waals surface area contributed by atoms with Crippen LogP contribution in [0.15, 0.2) is 36.4 Å². The van der Waals surface area contributed by atoms with E-state index in [0.29, 0.717) is 41.4 Å². The second-order valence-corrected chi connectivity index (χ2v) is 5.47. The molecule has 0 atom stereocenters. The highest BCUT2D eigenvalue weighted by Crippen LogP contribution is 2.31. The number of carbonyl (C=O) groups excluding carboxylic acids is 1. The van der Waals surface area contributed by atoms with Crippen molar-refractivity contribution >= 4 is 22.6 Å². The van der Waals surface area contributed by atoms with E-state index in [2.05, 4.69) is 15.5 Å². The number of hydrogen-bond donors (Lipinski definition) is 2. The molecule has 1 aliphatic rings. The number of hydrogen-bond acceptors (Lipinski definition) is 4. The molecular formula is C17H14FN3O3. The van der Waals surface area contributed by atoms with Gasteiger partial charge in [0.2, 0.25) is 5.91 Å². The summed E-state index contributed by atoms with van der Waals surface area (Å²) in [5, 5.41) is 10.0. The molecule has 1 amide bonds. The standard InChI is InChI=1S/C17H14FN3O3/c18-11-2-3-13-12(9-11)17(21-20-13)19-16(22)8-10-1-4-14-15(7-10)24-6-5-23-14/h1-4,7,9H,5-6,8H2,(H2,19,20,21,22). The SMILES string of the molecule is O=C(Cc1ccc2c(c1)OCCO2)Nc1n[nH]c2ccc(F)cc12. The van der Waals surface area contributed by atoms with Crippen LogP contribution >= 0.6 is 0 Å². The van der Waals surface area contributed by atoms with Gasteiger partial charge in [0.05, 0.1) is 11.9 Å². The van der Waals surface area contributed by atoms with Crippen LogP contribution in [0.25, 0.3) is 10.9 Å². The predicted molar refractivity (Wildman–Crippen MR) is 85.8 cm³/mol. The van der Waals surface area contributed by atoms with Crippen molar-refractivity contribution in [3.8, 4) is 11.5 Å². The molecule has 24 heavy (non-hydrogen) atoms. The molecule has 122 valence electrons. The number of rotatable bonds is 3. The van der Waals surface area contributed by atoms with Crippen LogP contribution in [0.2, 0.25) is 0 Å². The first kappa shape index (κ1) is 14.5. The second-order valence-electron chi connectivity index (χ2n) is 5.47. The lowest BCUT2D eigenvalue weighted by molar-refractivity contribution is -0.115. The first-order valence-electron chi connectivity index (χ1n) is 7.51. The van der Waals surface area contributed by atoms with Crippen LogP contribution < -0.4 is 14.8 Å². The maximum absolute atomic E-state index is 13.4. The molecule has 2 aromatic carbocycles. The average Bonchev–Trinajstić information content (AvgIpc) is 2.97. The van der Waals surface area contributed by atoms with E-state index < -0.39 is 0 Å². The Morgan fingerprint density at radius 2 is 2.00 bits per heavy atom. The third-order valence-corrected chi connectivity index (χ3v) is 3.75. The zero-order chi connectivity index (χ0) is 16.5. The molecule has 2 N–H and O–H groups in total. The topological polar surface area (TPSA) is 76.2 Å². The number of carbonyl (C=O) groups is 1. The fourth-order valence-corrected chi connectivity index (χ4v) is 2.64. The summed E-state index contributed by atoms with van der Waals surface area (Å²) >= 11 is 0. The first-order valence-corrected chi connectivity index (χ1v) is 7.51. The molecule has 6 nitrogen and oxygen atoms in total. The van der Waals surface area contributed by atoms with Gasteiger partial charge in [0.15, 0.2) is 17.3 Å². The maximum atomic E-state index is 13.4. The van der Waals surface area contributed by atoms with Crippen LogP contribution in [0.4, 0.5) is 10.2 Å². The van der Waals surface area contributed by atoms with Gasteiger partial charge >= 0.3 is 0 Å². The van der Waals surface area contributed by atoms with Crippen molar-refractivity contribution < 1.29 is 18.7 Å². The van der Waals surface area contributed by atoms with Crippen molar-refractivity contribution in [1.82, 2.24) is 10.2 Å². The maximum Gasteiger partial charge on any atom is 0.230 e. The lowest BCUT2D eigenvalue weighted by Crippen LogP contribution is -2.17. The molecule has 2 heterocycles. The quantitative estimate of drug-likeness (QED) is 0.775. The highest BCUT2D eigenvalue weighted by Gasteiger charge is 2.14. The Morgan fingerprint density at radius 1 is 1.17 bits per heavy atom. The van der Waals surface area contributed by atoms with E-state index in [-0.39, 0.29) is 18.1 Å². The number of amides is 1. The number of aromatic amines is 1. The molecule has 7 heteroatoms. The molecule has 0 radical (unpaired) electrons. The smallest absolute Gasteiger partial charge is 0.230 e. The summed E-state index contributed by atoms with van der Waals surface area (Å²) in [5.41, 5.74) is 1.45. The molecule has 0 unspecified atom stereocenters. The van der Waals surface area contributed by atoms with Gasteiger partial charge in [-0.2, -0.15) is 5.10 Å². The molecule has 0 bridgehead atoms. The van der Waals surface area contributed by atoms with Gasteiger partial charge in [0.25, 0.3) is 0 Å². The van der Waals surface area contributed by atoms with Crippen LogP contribution in [0.1, 0.15) is 5.56 Å². The molecule has 1 aliphatic heterocycles. The van der Waals surface area contributed by atoms with E-state index in [0.717, 1.165) is 5.56 Å². The van der Waals surface area contributed by atoms with Crippen LogP contribution in [0.3, 0.4) is 0 Å². The number of fused-ring (bicyclic) bond motifs is 2.